The number of amides is 1. The molecule has 7 nitrogen and oxygen atoms in total. The number of aromatic nitrogens is 2. The van der Waals surface area contributed by atoms with Crippen molar-refractivity contribution in [2.45, 2.75) is 32.2 Å². The van der Waals surface area contributed by atoms with Crippen LogP contribution in [0.2, 0.25) is 0 Å². The molecule has 1 spiro atoms. The Balaban J connectivity index is 1.18. The molecular weight excluding hydrogens is 390 g/mol. The molecule has 2 aromatic rings. The lowest BCUT2D eigenvalue weighted by molar-refractivity contribution is -0.00294. The highest BCUT2D eigenvalue weighted by Gasteiger charge is 2.51. The number of pyridine rings is 2. The Morgan fingerprint density at radius 3 is 2.65 bits per heavy atom. The van der Waals surface area contributed by atoms with Gasteiger partial charge in [0.15, 0.2) is 0 Å². The van der Waals surface area contributed by atoms with Crippen molar-refractivity contribution < 1.29 is 9.53 Å². The van der Waals surface area contributed by atoms with Gasteiger partial charge in [0.1, 0.15) is 5.82 Å². The maximum atomic E-state index is 11.9. The van der Waals surface area contributed by atoms with Crippen molar-refractivity contribution in [3.05, 3.63) is 42.9 Å². The van der Waals surface area contributed by atoms with Gasteiger partial charge >= 0.3 is 6.09 Å². The molecule has 3 fully saturated rings. The third kappa shape index (κ3) is 3.99. The minimum absolute atomic E-state index is 0.148. The zero-order valence-corrected chi connectivity index (χ0v) is 18.2. The molecule has 1 amide bonds. The largest absolute Gasteiger partial charge is 0.450 e. The molecule has 4 heterocycles. The van der Waals surface area contributed by atoms with E-state index in [1.165, 1.54) is 24.8 Å². The monoisotopic (exact) mass is 421 g/mol. The highest BCUT2D eigenvalue weighted by molar-refractivity contribution is 5.75. The van der Waals surface area contributed by atoms with Crippen LogP contribution in [0.25, 0.3) is 11.1 Å². The van der Waals surface area contributed by atoms with Crippen molar-refractivity contribution >= 4 is 11.9 Å². The number of likely N-dealkylation sites (tertiary alicyclic amines) is 1. The Morgan fingerprint density at radius 2 is 1.90 bits per heavy atom. The Hall–Kier alpha value is -2.67. The van der Waals surface area contributed by atoms with Crippen LogP contribution < -0.4 is 4.90 Å². The summed E-state index contributed by atoms with van der Waals surface area (Å²) in [4.78, 5) is 27.7. The molecule has 2 saturated heterocycles. The van der Waals surface area contributed by atoms with Crippen molar-refractivity contribution in [3.63, 3.8) is 0 Å². The Morgan fingerprint density at radius 1 is 1.13 bits per heavy atom. The number of piperazine rings is 1. The van der Waals surface area contributed by atoms with Gasteiger partial charge in [-0.1, -0.05) is 0 Å². The lowest BCUT2D eigenvalue weighted by Crippen LogP contribution is -2.58. The Kier molecular flexibility index (Phi) is 5.52. The number of carbonyl (C=O) groups excluding carboxylic acids is 1. The number of hydrogen-bond donors (Lipinski definition) is 0. The van der Waals surface area contributed by atoms with E-state index in [4.69, 9.17) is 9.72 Å². The summed E-state index contributed by atoms with van der Waals surface area (Å²) in [6, 6.07) is 8.89. The number of ether oxygens (including phenoxy) is 1. The van der Waals surface area contributed by atoms with Crippen LogP contribution in [-0.2, 0) is 4.74 Å². The van der Waals surface area contributed by atoms with Crippen LogP contribution in [0, 0.1) is 5.41 Å². The summed E-state index contributed by atoms with van der Waals surface area (Å²) in [7, 11) is 0. The molecule has 2 aliphatic heterocycles. The SMILES string of the molecule is CCOC(=O)N1CC2(CC[C@@H](N3CCN(c4ncccc4-c4ccncc4)CC3)C2)C1. The van der Waals surface area contributed by atoms with E-state index >= 15 is 0 Å². The number of hydrogen-bond acceptors (Lipinski definition) is 6. The van der Waals surface area contributed by atoms with Gasteiger partial charge in [0.05, 0.1) is 6.61 Å². The van der Waals surface area contributed by atoms with Crippen molar-refractivity contribution in [2.75, 3.05) is 50.8 Å². The smallest absolute Gasteiger partial charge is 0.409 e. The van der Waals surface area contributed by atoms with E-state index in [9.17, 15) is 4.79 Å². The van der Waals surface area contributed by atoms with Gasteiger partial charge in [0.2, 0.25) is 0 Å². The quantitative estimate of drug-likeness (QED) is 0.755. The molecule has 1 aliphatic carbocycles. The zero-order chi connectivity index (χ0) is 21.3. The van der Waals surface area contributed by atoms with Crippen molar-refractivity contribution in [2.24, 2.45) is 5.41 Å². The summed E-state index contributed by atoms with van der Waals surface area (Å²) in [5.41, 5.74) is 2.66. The molecule has 0 bridgehead atoms. The first-order valence-corrected chi connectivity index (χ1v) is 11.4. The van der Waals surface area contributed by atoms with Crippen molar-refractivity contribution in [1.29, 1.82) is 0 Å². The number of anilines is 1. The summed E-state index contributed by atoms with van der Waals surface area (Å²) in [6.07, 6.45) is 9.08. The molecule has 1 atom stereocenters. The second kappa shape index (κ2) is 8.46. The molecule has 0 unspecified atom stereocenters. The fourth-order valence-electron chi connectivity index (χ4n) is 5.59. The lowest BCUT2D eigenvalue weighted by atomic mass is 9.78. The van der Waals surface area contributed by atoms with Crippen LogP contribution in [0.3, 0.4) is 0 Å². The Labute approximate surface area is 184 Å². The number of carbonyl (C=O) groups is 1. The van der Waals surface area contributed by atoms with E-state index in [2.05, 4.69) is 20.9 Å². The van der Waals surface area contributed by atoms with Gasteiger partial charge in [-0.05, 0) is 56.0 Å². The van der Waals surface area contributed by atoms with Gasteiger partial charge in [0, 0.05) is 74.9 Å². The third-order valence-electron chi connectivity index (χ3n) is 7.16. The topological polar surface area (TPSA) is 61.8 Å². The molecule has 31 heavy (non-hydrogen) atoms. The van der Waals surface area contributed by atoms with Crippen LogP contribution in [0.4, 0.5) is 10.6 Å². The molecule has 0 radical (unpaired) electrons. The molecule has 7 heteroatoms. The molecule has 0 N–H and O–H groups in total. The van der Waals surface area contributed by atoms with E-state index in [-0.39, 0.29) is 6.09 Å². The van der Waals surface area contributed by atoms with E-state index in [1.807, 2.05) is 48.6 Å². The summed E-state index contributed by atoms with van der Waals surface area (Å²) < 4.78 is 5.15. The van der Waals surface area contributed by atoms with Crippen LogP contribution >= 0.6 is 0 Å². The molecule has 2 aromatic heterocycles. The first-order valence-electron chi connectivity index (χ1n) is 11.4. The summed E-state index contributed by atoms with van der Waals surface area (Å²) in [6.45, 7) is 8.17. The van der Waals surface area contributed by atoms with Gasteiger partial charge in [0.25, 0.3) is 0 Å². The van der Waals surface area contributed by atoms with Crippen LogP contribution in [0.15, 0.2) is 42.9 Å². The van der Waals surface area contributed by atoms with Gasteiger partial charge in [-0.25, -0.2) is 9.78 Å². The average molecular weight is 422 g/mol. The fourth-order valence-corrected chi connectivity index (χ4v) is 5.59. The highest BCUT2D eigenvalue weighted by Crippen LogP contribution is 2.47. The van der Waals surface area contributed by atoms with E-state index in [0.29, 0.717) is 18.1 Å². The van der Waals surface area contributed by atoms with Gasteiger partial charge in [-0.3, -0.25) is 9.88 Å². The van der Waals surface area contributed by atoms with E-state index < -0.39 is 0 Å². The molecule has 1 saturated carbocycles. The van der Waals surface area contributed by atoms with Crippen molar-refractivity contribution in [3.8, 4) is 11.1 Å². The number of rotatable bonds is 4. The molecular formula is C24H31N5O2. The fraction of sp³-hybridized carbons (Fsp3) is 0.542. The van der Waals surface area contributed by atoms with E-state index in [1.54, 1.807) is 0 Å². The zero-order valence-electron chi connectivity index (χ0n) is 18.2. The van der Waals surface area contributed by atoms with Gasteiger partial charge in [-0.15, -0.1) is 0 Å². The van der Waals surface area contributed by atoms with Crippen molar-refractivity contribution in [1.82, 2.24) is 19.8 Å². The minimum atomic E-state index is -0.148. The summed E-state index contributed by atoms with van der Waals surface area (Å²) in [5, 5.41) is 0. The van der Waals surface area contributed by atoms with Crippen LogP contribution in [0.1, 0.15) is 26.2 Å². The van der Waals surface area contributed by atoms with E-state index in [0.717, 1.165) is 50.6 Å². The second-order valence-corrected chi connectivity index (χ2v) is 9.09. The first-order chi connectivity index (χ1) is 15.2. The van der Waals surface area contributed by atoms with Crippen LogP contribution in [-0.4, -0.2) is 77.8 Å². The molecule has 0 aromatic carbocycles. The minimum Gasteiger partial charge on any atom is -0.450 e. The molecule has 3 aliphatic rings. The third-order valence-corrected chi connectivity index (χ3v) is 7.16. The summed E-state index contributed by atoms with van der Waals surface area (Å²) >= 11 is 0. The van der Waals surface area contributed by atoms with Gasteiger partial charge in [-0.2, -0.15) is 0 Å². The summed E-state index contributed by atoms with van der Waals surface area (Å²) in [5.74, 6) is 1.07. The van der Waals surface area contributed by atoms with Crippen LogP contribution in [0.5, 0.6) is 0 Å². The number of nitrogens with zero attached hydrogens (tertiary/aromatic N) is 5. The Bertz CT molecular complexity index is 907. The van der Waals surface area contributed by atoms with Gasteiger partial charge < -0.3 is 14.5 Å². The maximum absolute atomic E-state index is 11.9. The second-order valence-electron chi connectivity index (χ2n) is 9.09. The predicted molar refractivity (Wildman–Crippen MR) is 120 cm³/mol. The normalized spacial score (nSPS) is 23.1. The average Bonchev–Trinajstić information content (AvgIpc) is 3.25. The maximum Gasteiger partial charge on any atom is 0.409 e. The standard InChI is InChI=1S/C24H31N5O2/c1-2-31-23(30)29-17-24(18-29)8-5-20(16-24)27-12-14-28(15-13-27)22-21(4-3-9-26-22)19-6-10-25-11-7-19/h3-4,6-7,9-11,20H,2,5,8,12-18H2,1H3/t20-/m1/s1. The lowest BCUT2D eigenvalue weighted by Gasteiger charge is -2.48. The predicted octanol–water partition coefficient (Wildman–Crippen LogP) is 3.28. The highest BCUT2D eigenvalue weighted by atomic mass is 16.6. The molecule has 5 rings (SSSR count). The first kappa shape index (κ1) is 20.2. The molecule has 164 valence electrons.